The van der Waals surface area contributed by atoms with Crippen molar-refractivity contribution in [2.24, 2.45) is 164 Å². The fourth-order valence-corrected chi connectivity index (χ4v) is 32.8. The number of carboxylic acids is 1. The van der Waals surface area contributed by atoms with E-state index in [2.05, 4.69) is 59.6 Å². The van der Waals surface area contributed by atoms with Gasteiger partial charge in [0.05, 0.1) is 59.5 Å². The van der Waals surface area contributed by atoms with Crippen molar-refractivity contribution in [3.8, 4) is 0 Å². The number of carbonyl (C=O) groups is 5. The van der Waals surface area contributed by atoms with Gasteiger partial charge in [0.25, 0.3) is 0 Å². The number of methoxy groups -OCH3 is 4. The number of ether oxygens (including phenoxy) is 4. The number of fused-ring (bicyclic) bond motifs is 20. The standard InChI is InChI=1S/2C22H35BrO3.2C22H36O3.C2HF3O2.Na/c2*1-21-9-7-16-15-8-10-22(25,13-26-2)11-14(15)3-4-17(16)18(21)5-6-19(21)20(24)12-23;2*1-14(23)19-6-7-20-18-5-4-15-12-22(24,13-25-3)11-9-16(15)17(18)8-10-21(19,20)2;3-2(4,5)1(6)7;/h2*14-19,25H,3-13H2,1-2H3;2*15-20,24H,4-13H2,1-3H3;(H,6,7);/q;;;;;+1/p-1/t14-,15-,16+,17+,18-,19+,21-,22+;14-,15-,16+,17+,18-,19+,21-,22-;15-,16-,17+,18+,19+,20-,21+,22+;15-,16-,17+,18+,19+,20-,21+,22-;;/m0000../s1. The second-order valence-electron chi connectivity index (χ2n) is 41.2. The number of hydrogen-bond acceptors (Lipinski definition) is 14. The normalized spacial score (nSPS) is 48.4. The fourth-order valence-electron chi connectivity index (χ4n) is 32.0. The first kappa shape index (κ1) is 90.3. The molecule has 0 aromatic rings. The van der Waals surface area contributed by atoms with Gasteiger partial charge >= 0.3 is 35.7 Å². The van der Waals surface area contributed by atoms with Gasteiger partial charge in [0.2, 0.25) is 0 Å². The SMILES string of the molecule is COC[C@@]1(O)CC[C@H]2[C@@H](CC[C@@H]3[C@@H]2CC[C@]2(C)[C@@H](C(=O)CBr)CC[C@@H]32)C1.COC[C@@]1(O)CC[C@H]2[C@@H](CC[C@@H]3[C@@H]2CC[C@]2(C)[C@@H](C(C)=O)CC[C@@H]32)C1.COC[C@]1(O)CC[C@H]2[C@@H](CC[C@@H]3[C@@H]2CC[C@]2(C)[C@@H](C(=O)CBr)CC[C@@H]32)C1.COC[C@]1(O)CC[C@H]2[C@@H](CC[C@@H]3[C@@H]2CC[C@]2(C)[C@@H](C(C)=O)CC[C@@H]32)C1.O=C([O-])C(F)(F)F.[Na+]. The van der Waals surface area contributed by atoms with Crippen LogP contribution in [0.15, 0.2) is 0 Å². The number of carbonyl (C=O) groups excluding carboxylic acids is 5. The summed E-state index contributed by atoms with van der Waals surface area (Å²) >= 11 is 6.84. The molecular formula is C90H142Br2F3NaO14. The third-order valence-electron chi connectivity index (χ3n) is 36.3. The molecule has 0 bridgehead atoms. The van der Waals surface area contributed by atoms with E-state index in [1.165, 1.54) is 154 Å². The molecule has 0 aromatic carbocycles. The van der Waals surface area contributed by atoms with Crippen LogP contribution in [0.25, 0.3) is 0 Å². The van der Waals surface area contributed by atoms with E-state index in [4.69, 9.17) is 28.8 Å². The topological polar surface area (TPSA) is 226 Å². The van der Waals surface area contributed by atoms with Crippen molar-refractivity contribution in [2.75, 3.05) is 65.5 Å². The molecule has 16 aliphatic rings. The second-order valence-corrected chi connectivity index (χ2v) is 42.4. The third-order valence-corrected chi connectivity index (χ3v) is 37.4. The molecule has 622 valence electrons. The van der Waals surface area contributed by atoms with Gasteiger partial charge in [-0.25, -0.2) is 0 Å². The maximum absolute atomic E-state index is 12.5. The van der Waals surface area contributed by atoms with Crippen LogP contribution in [0, 0.1) is 164 Å². The average Bonchev–Trinajstić information content (AvgIpc) is 1.49. The van der Waals surface area contributed by atoms with Crippen molar-refractivity contribution in [3.05, 3.63) is 0 Å². The van der Waals surface area contributed by atoms with Gasteiger partial charge in [0, 0.05) is 52.1 Å². The molecule has 16 rings (SSSR count). The van der Waals surface area contributed by atoms with Crippen LogP contribution in [0.2, 0.25) is 0 Å². The number of hydrogen-bond donors (Lipinski definition) is 4. The molecular weight excluding hydrogens is 1540 g/mol. The van der Waals surface area contributed by atoms with E-state index in [9.17, 15) is 52.8 Å². The van der Waals surface area contributed by atoms with Gasteiger partial charge in [-0.05, 0) is 385 Å². The Hall–Kier alpha value is -0.420. The Kier molecular flexibility index (Phi) is 29.6. The molecule has 0 aliphatic heterocycles. The van der Waals surface area contributed by atoms with Crippen LogP contribution >= 0.6 is 31.9 Å². The van der Waals surface area contributed by atoms with E-state index < -0.39 is 34.5 Å². The van der Waals surface area contributed by atoms with Gasteiger partial charge in [-0.2, -0.15) is 13.2 Å². The Balaban J connectivity index is 0.000000141. The number of rotatable bonds is 14. The molecule has 0 saturated heterocycles. The predicted octanol–water partition coefficient (Wildman–Crippen LogP) is 13.9. The van der Waals surface area contributed by atoms with Crippen LogP contribution in [0.1, 0.15) is 273 Å². The molecule has 20 heteroatoms. The molecule has 0 heterocycles. The van der Waals surface area contributed by atoms with Crippen molar-refractivity contribution >= 4 is 61.0 Å². The van der Waals surface area contributed by atoms with Gasteiger partial charge in [-0.3, -0.25) is 19.2 Å². The zero-order valence-corrected chi connectivity index (χ0v) is 74.5. The van der Waals surface area contributed by atoms with Crippen LogP contribution in [0.3, 0.4) is 0 Å². The molecule has 0 amide bonds. The predicted molar refractivity (Wildman–Crippen MR) is 420 cm³/mol. The van der Waals surface area contributed by atoms with Crippen LogP contribution in [-0.4, -0.2) is 144 Å². The number of Topliss-reactive ketones (excluding diaryl/α,β-unsaturated/α-hetero) is 4. The molecule has 0 radical (unpaired) electrons. The van der Waals surface area contributed by atoms with Crippen molar-refractivity contribution in [1.82, 2.24) is 0 Å². The van der Waals surface area contributed by atoms with E-state index in [-0.39, 0.29) is 63.1 Å². The van der Waals surface area contributed by atoms with Gasteiger partial charge < -0.3 is 49.3 Å². The number of alkyl halides is 5. The van der Waals surface area contributed by atoms with E-state index in [0.717, 1.165) is 172 Å². The summed E-state index contributed by atoms with van der Waals surface area (Å²) in [4.78, 5) is 58.2. The van der Waals surface area contributed by atoms with Gasteiger partial charge in [-0.15, -0.1) is 0 Å². The minimum Gasteiger partial charge on any atom is -0.542 e. The Morgan fingerprint density at radius 2 is 0.555 bits per heavy atom. The monoisotopic (exact) mass is 1680 g/mol. The summed E-state index contributed by atoms with van der Waals surface area (Å²) in [5.74, 6) is 15.5. The number of aliphatic carboxylic acids is 1. The average molecular weight is 1690 g/mol. The molecule has 0 aromatic heterocycles. The Bertz CT molecular complexity index is 2980. The van der Waals surface area contributed by atoms with Gasteiger partial charge in [0.1, 0.15) is 29.1 Å². The first-order valence-electron chi connectivity index (χ1n) is 43.9. The van der Waals surface area contributed by atoms with Crippen LogP contribution < -0.4 is 34.7 Å². The number of halogens is 5. The summed E-state index contributed by atoms with van der Waals surface area (Å²) in [6.07, 6.45) is 36.9. The van der Waals surface area contributed by atoms with Crippen LogP contribution in [-0.2, 0) is 42.9 Å². The summed E-state index contributed by atoms with van der Waals surface area (Å²) < 4.78 is 52.7. The molecule has 110 heavy (non-hydrogen) atoms. The van der Waals surface area contributed by atoms with E-state index >= 15 is 0 Å². The largest absolute Gasteiger partial charge is 1.00 e. The van der Waals surface area contributed by atoms with Crippen molar-refractivity contribution in [1.29, 1.82) is 0 Å². The smallest absolute Gasteiger partial charge is 0.542 e. The number of ketones is 4. The van der Waals surface area contributed by atoms with Crippen LogP contribution in [0.4, 0.5) is 13.2 Å². The summed E-state index contributed by atoms with van der Waals surface area (Å²) in [5.41, 5.74) is -1.33. The quantitative estimate of drug-likeness (QED) is 0.0938. The molecule has 14 nitrogen and oxygen atoms in total. The molecule has 4 N–H and O–H groups in total. The van der Waals surface area contributed by atoms with E-state index in [0.29, 0.717) is 95.7 Å². The third kappa shape index (κ3) is 17.9. The molecule has 32 atom stereocenters. The Labute approximate surface area is 697 Å². The number of carboxylic acid groups (broad SMARTS) is 1. The summed E-state index contributed by atoms with van der Waals surface area (Å²) in [7, 11) is 6.81. The second kappa shape index (κ2) is 36.1. The van der Waals surface area contributed by atoms with Crippen molar-refractivity contribution in [2.45, 2.75) is 301 Å². The Morgan fingerprint density at radius 1 is 0.345 bits per heavy atom. The maximum atomic E-state index is 12.5. The molecule has 16 saturated carbocycles. The minimum absolute atomic E-state index is 0. The molecule has 0 spiro atoms. The fraction of sp³-hybridized carbons (Fsp3) is 0.944. The van der Waals surface area contributed by atoms with Gasteiger partial charge in [-0.1, -0.05) is 59.6 Å². The number of aliphatic hydroxyl groups is 4. The summed E-state index contributed by atoms with van der Waals surface area (Å²) in [6.45, 7) is 15.3. The zero-order valence-electron chi connectivity index (χ0n) is 69.3. The Morgan fingerprint density at radius 3 is 0.755 bits per heavy atom. The molecule has 0 unspecified atom stereocenters. The van der Waals surface area contributed by atoms with Crippen LogP contribution in [0.5, 0.6) is 0 Å². The summed E-state index contributed by atoms with van der Waals surface area (Å²) in [5, 5.41) is 53.2. The van der Waals surface area contributed by atoms with E-state index in [1.54, 1.807) is 28.4 Å². The van der Waals surface area contributed by atoms with E-state index in [1.807, 2.05) is 13.8 Å². The summed E-state index contributed by atoms with van der Waals surface area (Å²) in [6, 6.07) is 0. The van der Waals surface area contributed by atoms with Crippen molar-refractivity contribution < 1.29 is 111 Å². The molecule has 16 fully saturated rings. The first-order chi connectivity index (χ1) is 51.5. The zero-order chi connectivity index (χ0) is 78.8. The van der Waals surface area contributed by atoms with Crippen molar-refractivity contribution in [3.63, 3.8) is 0 Å². The minimum atomic E-state index is -5.19. The van der Waals surface area contributed by atoms with Gasteiger partial charge in [0.15, 0.2) is 0 Å². The molecule has 16 aliphatic carbocycles. The maximum Gasteiger partial charge on any atom is 1.00 e. The first-order valence-corrected chi connectivity index (χ1v) is 46.1.